The fourth-order valence-electron chi connectivity index (χ4n) is 1.59. The smallest absolute Gasteiger partial charge is 0.242 e. The van der Waals surface area contributed by atoms with Crippen molar-refractivity contribution in [2.24, 2.45) is 0 Å². The summed E-state index contributed by atoms with van der Waals surface area (Å²) >= 11 is 1.68. The van der Waals surface area contributed by atoms with Gasteiger partial charge in [-0.05, 0) is 20.3 Å². The molecule has 2 aromatic heterocycles. The first-order valence-corrected chi connectivity index (χ1v) is 7.36. The van der Waals surface area contributed by atoms with Crippen molar-refractivity contribution in [1.82, 2.24) is 15.0 Å². The second-order valence-electron chi connectivity index (χ2n) is 4.54. The topological polar surface area (TPSA) is 86.0 Å². The molecule has 0 aliphatic carbocycles. The molecule has 0 saturated carbocycles. The minimum Gasteiger partial charge on any atom is -0.473 e. The van der Waals surface area contributed by atoms with Gasteiger partial charge < -0.3 is 15.8 Å². The summed E-state index contributed by atoms with van der Waals surface area (Å²) in [5.74, 6) is 0.981. The van der Waals surface area contributed by atoms with E-state index < -0.39 is 0 Å². The molecule has 2 heterocycles. The molecule has 0 aromatic carbocycles. The van der Waals surface area contributed by atoms with Crippen molar-refractivity contribution in [1.29, 1.82) is 0 Å². The highest BCUT2D eigenvalue weighted by Crippen LogP contribution is 2.26. The molecule has 20 heavy (non-hydrogen) atoms. The molecule has 0 aliphatic heterocycles. The Kier molecular flexibility index (Phi) is 4.73. The molecule has 2 aromatic rings. The van der Waals surface area contributed by atoms with Crippen LogP contribution in [0.3, 0.4) is 0 Å². The Hall–Kier alpha value is -1.89. The van der Waals surface area contributed by atoms with E-state index >= 15 is 0 Å². The molecule has 108 valence electrons. The fourth-order valence-corrected chi connectivity index (χ4v) is 2.39. The van der Waals surface area contributed by atoms with Crippen molar-refractivity contribution < 1.29 is 4.74 Å². The molecule has 0 fully saturated rings. The third kappa shape index (κ3) is 3.57. The number of aryl methyl sites for hydroxylation is 1. The Labute approximate surface area is 122 Å². The van der Waals surface area contributed by atoms with Gasteiger partial charge in [-0.1, -0.05) is 6.92 Å². The number of anilines is 2. The minimum atomic E-state index is 0.0196. The van der Waals surface area contributed by atoms with Crippen molar-refractivity contribution in [2.45, 2.75) is 39.8 Å². The van der Waals surface area contributed by atoms with Crippen LogP contribution in [-0.2, 0) is 13.0 Å². The van der Waals surface area contributed by atoms with Gasteiger partial charge in [0.1, 0.15) is 17.0 Å². The van der Waals surface area contributed by atoms with E-state index in [9.17, 15) is 0 Å². The van der Waals surface area contributed by atoms with E-state index in [1.807, 2.05) is 20.0 Å². The Morgan fingerprint density at radius 2 is 2.15 bits per heavy atom. The largest absolute Gasteiger partial charge is 0.473 e. The van der Waals surface area contributed by atoms with Crippen LogP contribution in [-0.4, -0.2) is 21.1 Å². The fraction of sp³-hybridized carbons (Fsp3) is 0.462. The maximum atomic E-state index is 6.00. The lowest BCUT2D eigenvalue weighted by molar-refractivity contribution is 0.234. The summed E-state index contributed by atoms with van der Waals surface area (Å²) in [5, 5.41) is 4.18. The molecule has 0 spiro atoms. The molecule has 3 N–H and O–H groups in total. The first-order valence-electron chi connectivity index (χ1n) is 6.54. The predicted octanol–water partition coefficient (Wildman–Crippen LogP) is 2.48. The molecule has 6 nitrogen and oxygen atoms in total. The zero-order chi connectivity index (χ0) is 14.5. The standard InChI is InChI=1S/C13H19N5OS/c1-4-9-5-15-10(20-9)6-16-12-11(14)13(18-7-17-12)19-8(2)3/h5,7-8H,4,6,14H2,1-3H3,(H,16,17,18). The second-order valence-corrected chi connectivity index (χ2v) is 5.73. The first kappa shape index (κ1) is 14.5. The molecule has 0 aliphatic rings. The van der Waals surface area contributed by atoms with Crippen LogP contribution in [0.4, 0.5) is 11.5 Å². The lowest BCUT2D eigenvalue weighted by atomic mass is 10.4. The normalized spacial score (nSPS) is 10.8. The van der Waals surface area contributed by atoms with Crippen molar-refractivity contribution >= 4 is 22.8 Å². The summed E-state index contributed by atoms with van der Waals surface area (Å²) in [6.45, 7) is 6.56. The number of nitrogens with zero attached hydrogens (tertiary/aromatic N) is 3. The lowest BCUT2D eigenvalue weighted by Gasteiger charge is -2.13. The Bertz CT molecular complexity index is 570. The van der Waals surface area contributed by atoms with E-state index in [1.165, 1.54) is 11.2 Å². The van der Waals surface area contributed by atoms with Gasteiger partial charge in [0, 0.05) is 11.1 Å². The maximum Gasteiger partial charge on any atom is 0.242 e. The van der Waals surface area contributed by atoms with E-state index in [2.05, 4.69) is 27.2 Å². The highest BCUT2D eigenvalue weighted by Gasteiger charge is 2.11. The summed E-state index contributed by atoms with van der Waals surface area (Å²) in [4.78, 5) is 13.8. The quantitative estimate of drug-likeness (QED) is 0.851. The molecule has 0 atom stereocenters. The number of nitrogen functional groups attached to an aromatic ring is 1. The molecular weight excluding hydrogens is 274 g/mol. The van der Waals surface area contributed by atoms with Gasteiger partial charge in [0.2, 0.25) is 5.88 Å². The molecule has 0 radical (unpaired) electrons. The van der Waals surface area contributed by atoms with Crippen molar-refractivity contribution in [3.63, 3.8) is 0 Å². The number of hydrogen-bond donors (Lipinski definition) is 2. The lowest BCUT2D eigenvalue weighted by Crippen LogP contribution is -2.11. The number of rotatable bonds is 6. The Morgan fingerprint density at radius 3 is 2.80 bits per heavy atom. The second kappa shape index (κ2) is 6.51. The van der Waals surface area contributed by atoms with Crippen LogP contribution in [0.5, 0.6) is 5.88 Å². The van der Waals surface area contributed by atoms with Gasteiger partial charge in [-0.3, -0.25) is 0 Å². The van der Waals surface area contributed by atoms with Gasteiger partial charge in [0.05, 0.1) is 12.6 Å². The van der Waals surface area contributed by atoms with Gasteiger partial charge in [-0.25, -0.2) is 9.97 Å². The highest BCUT2D eigenvalue weighted by atomic mass is 32.1. The van der Waals surface area contributed by atoms with Crippen LogP contribution < -0.4 is 15.8 Å². The zero-order valence-corrected chi connectivity index (χ0v) is 12.7. The Morgan fingerprint density at radius 1 is 1.35 bits per heavy atom. The molecule has 0 saturated heterocycles. The summed E-state index contributed by atoms with van der Waals surface area (Å²) in [6, 6.07) is 0. The molecule has 0 amide bonds. The van der Waals surface area contributed by atoms with E-state index in [1.54, 1.807) is 11.3 Å². The van der Waals surface area contributed by atoms with Gasteiger partial charge in [-0.2, -0.15) is 4.98 Å². The van der Waals surface area contributed by atoms with Crippen LogP contribution in [0, 0.1) is 0 Å². The highest BCUT2D eigenvalue weighted by molar-refractivity contribution is 7.11. The third-order valence-corrected chi connectivity index (χ3v) is 3.69. The first-order chi connectivity index (χ1) is 9.60. The van der Waals surface area contributed by atoms with Crippen LogP contribution in [0.2, 0.25) is 0 Å². The number of nitrogens with one attached hydrogen (secondary N) is 1. The predicted molar refractivity (Wildman–Crippen MR) is 81.0 cm³/mol. The van der Waals surface area contributed by atoms with Crippen LogP contribution >= 0.6 is 11.3 Å². The number of aromatic nitrogens is 3. The van der Waals surface area contributed by atoms with Gasteiger partial charge >= 0.3 is 0 Å². The van der Waals surface area contributed by atoms with E-state index in [0.29, 0.717) is 23.9 Å². The van der Waals surface area contributed by atoms with E-state index in [-0.39, 0.29) is 6.10 Å². The number of thiazole rings is 1. The molecular formula is C13H19N5OS. The van der Waals surface area contributed by atoms with Crippen LogP contribution in [0.1, 0.15) is 30.7 Å². The zero-order valence-electron chi connectivity index (χ0n) is 11.9. The molecule has 7 heteroatoms. The summed E-state index contributed by atoms with van der Waals surface area (Å²) in [7, 11) is 0. The third-order valence-electron chi connectivity index (χ3n) is 2.55. The average molecular weight is 293 g/mol. The average Bonchev–Trinajstić information content (AvgIpc) is 2.87. The van der Waals surface area contributed by atoms with Crippen molar-refractivity contribution in [3.05, 3.63) is 22.4 Å². The summed E-state index contributed by atoms with van der Waals surface area (Å²) < 4.78 is 5.53. The monoisotopic (exact) mass is 293 g/mol. The van der Waals surface area contributed by atoms with Crippen molar-refractivity contribution in [3.8, 4) is 5.88 Å². The Balaban J connectivity index is 2.05. The molecule has 0 unspecified atom stereocenters. The number of ether oxygens (including phenoxy) is 1. The van der Waals surface area contributed by atoms with E-state index in [4.69, 9.17) is 10.5 Å². The molecule has 0 bridgehead atoms. The number of nitrogens with two attached hydrogens (primary N) is 1. The minimum absolute atomic E-state index is 0.0196. The van der Waals surface area contributed by atoms with Crippen LogP contribution in [0.15, 0.2) is 12.5 Å². The van der Waals surface area contributed by atoms with Gasteiger partial charge in [0.25, 0.3) is 0 Å². The summed E-state index contributed by atoms with van der Waals surface area (Å²) in [5.41, 5.74) is 6.42. The number of hydrogen-bond acceptors (Lipinski definition) is 7. The summed E-state index contributed by atoms with van der Waals surface area (Å²) in [6.07, 6.45) is 4.36. The van der Waals surface area contributed by atoms with Crippen LogP contribution in [0.25, 0.3) is 0 Å². The van der Waals surface area contributed by atoms with Gasteiger partial charge in [-0.15, -0.1) is 11.3 Å². The van der Waals surface area contributed by atoms with Crippen molar-refractivity contribution in [2.75, 3.05) is 11.1 Å². The van der Waals surface area contributed by atoms with Gasteiger partial charge in [0.15, 0.2) is 5.82 Å². The maximum absolute atomic E-state index is 6.00. The van der Waals surface area contributed by atoms with E-state index in [0.717, 1.165) is 11.4 Å². The SMILES string of the molecule is CCc1cnc(CNc2ncnc(OC(C)C)c2N)s1. The molecule has 2 rings (SSSR count).